The van der Waals surface area contributed by atoms with E-state index in [1.165, 1.54) is 0 Å². The van der Waals surface area contributed by atoms with E-state index in [1.54, 1.807) is 50.7 Å². The van der Waals surface area contributed by atoms with Gasteiger partial charge in [-0.25, -0.2) is 4.98 Å². The molecular weight excluding hydrogens is 218 g/mol. The third-order valence-corrected chi connectivity index (χ3v) is 2.17. The molecule has 17 heavy (non-hydrogen) atoms. The summed E-state index contributed by atoms with van der Waals surface area (Å²) < 4.78 is 15.9. The highest BCUT2D eigenvalue weighted by molar-refractivity contribution is 5.46. The molecule has 2 rings (SSSR count). The molecule has 0 fully saturated rings. The number of hydrogen-bond donors (Lipinski definition) is 0. The maximum Gasteiger partial charge on any atom is 0.219 e. The summed E-state index contributed by atoms with van der Waals surface area (Å²) >= 11 is 0. The van der Waals surface area contributed by atoms with Crippen LogP contribution in [0.25, 0.3) is 0 Å². The van der Waals surface area contributed by atoms with Crippen molar-refractivity contribution in [1.29, 1.82) is 0 Å². The van der Waals surface area contributed by atoms with Gasteiger partial charge in [-0.1, -0.05) is 0 Å². The Labute approximate surface area is 99.8 Å². The highest BCUT2D eigenvalue weighted by Gasteiger charge is 2.07. The van der Waals surface area contributed by atoms with E-state index >= 15 is 0 Å². The van der Waals surface area contributed by atoms with Crippen LogP contribution >= 0.6 is 0 Å². The lowest BCUT2D eigenvalue weighted by Gasteiger charge is -2.10. The van der Waals surface area contributed by atoms with Crippen LogP contribution in [-0.2, 0) is 0 Å². The second-order valence-corrected chi connectivity index (χ2v) is 3.22. The van der Waals surface area contributed by atoms with Crippen molar-refractivity contribution in [2.45, 2.75) is 0 Å². The second-order valence-electron chi connectivity index (χ2n) is 3.22. The lowest BCUT2D eigenvalue weighted by molar-refractivity contribution is 0.367. The molecule has 0 aliphatic heterocycles. The van der Waals surface area contributed by atoms with Crippen LogP contribution in [0, 0.1) is 6.07 Å². The summed E-state index contributed by atoms with van der Waals surface area (Å²) in [6.07, 6.45) is 1.54. The van der Waals surface area contributed by atoms with E-state index in [-0.39, 0.29) is 0 Å². The van der Waals surface area contributed by atoms with Crippen molar-refractivity contribution >= 4 is 0 Å². The Morgan fingerprint density at radius 1 is 1.06 bits per heavy atom. The largest absolute Gasteiger partial charge is 0.497 e. The SMILES string of the molecule is COc1ccc(OC)c(Oc2cc[c]cn2)c1. The Morgan fingerprint density at radius 3 is 2.59 bits per heavy atom. The van der Waals surface area contributed by atoms with Crippen molar-refractivity contribution in [2.75, 3.05) is 14.2 Å². The highest BCUT2D eigenvalue weighted by atomic mass is 16.5. The van der Waals surface area contributed by atoms with Gasteiger partial charge in [0.15, 0.2) is 11.5 Å². The van der Waals surface area contributed by atoms with Crippen LogP contribution in [0.1, 0.15) is 0 Å². The number of aromatic nitrogens is 1. The van der Waals surface area contributed by atoms with Gasteiger partial charge >= 0.3 is 0 Å². The number of benzene rings is 1. The van der Waals surface area contributed by atoms with E-state index in [0.717, 1.165) is 0 Å². The zero-order valence-electron chi connectivity index (χ0n) is 9.64. The second kappa shape index (κ2) is 5.21. The Hall–Kier alpha value is -2.23. The predicted octanol–water partition coefficient (Wildman–Crippen LogP) is 2.69. The van der Waals surface area contributed by atoms with Gasteiger partial charge in [-0.2, -0.15) is 0 Å². The van der Waals surface area contributed by atoms with Crippen molar-refractivity contribution in [3.63, 3.8) is 0 Å². The first kappa shape index (κ1) is 11.3. The minimum absolute atomic E-state index is 0.482. The molecule has 0 saturated carbocycles. The van der Waals surface area contributed by atoms with E-state index in [9.17, 15) is 0 Å². The van der Waals surface area contributed by atoms with Gasteiger partial charge in [-0.05, 0) is 18.2 Å². The van der Waals surface area contributed by atoms with Crippen LogP contribution < -0.4 is 14.2 Å². The van der Waals surface area contributed by atoms with E-state index in [2.05, 4.69) is 11.1 Å². The van der Waals surface area contributed by atoms with Gasteiger partial charge < -0.3 is 14.2 Å². The summed E-state index contributed by atoms with van der Waals surface area (Å²) in [5.41, 5.74) is 0. The number of hydrogen-bond acceptors (Lipinski definition) is 4. The molecule has 0 saturated heterocycles. The van der Waals surface area contributed by atoms with Crippen LogP contribution in [0.15, 0.2) is 36.5 Å². The van der Waals surface area contributed by atoms with Crippen LogP contribution in [0.5, 0.6) is 23.1 Å². The molecule has 4 heteroatoms. The van der Waals surface area contributed by atoms with Crippen LogP contribution in [-0.4, -0.2) is 19.2 Å². The predicted molar refractivity (Wildman–Crippen MR) is 62.7 cm³/mol. The average molecular weight is 230 g/mol. The zero-order chi connectivity index (χ0) is 12.1. The number of nitrogens with zero attached hydrogens (tertiary/aromatic N) is 1. The fourth-order valence-electron chi connectivity index (χ4n) is 1.34. The Bertz CT molecular complexity index is 485. The Balaban J connectivity index is 2.30. The van der Waals surface area contributed by atoms with Crippen molar-refractivity contribution in [2.24, 2.45) is 0 Å². The molecule has 0 unspecified atom stereocenters. The van der Waals surface area contributed by atoms with Crippen LogP contribution in [0.3, 0.4) is 0 Å². The fourth-order valence-corrected chi connectivity index (χ4v) is 1.34. The molecule has 0 N–H and O–H groups in total. The molecule has 1 aromatic carbocycles. The molecule has 1 heterocycles. The summed E-state index contributed by atoms with van der Waals surface area (Å²) in [6.45, 7) is 0. The summed E-state index contributed by atoms with van der Waals surface area (Å²) in [7, 11) is 3.18. The molecule has 1 radical (unpaired) electrons. The molecule has 4 nitrogen and oxygen atoms in total. The maximum atomic E-state index is 5.61. The van der Waals surface area contributed by atoms with Gasteiger partial charge in [-0.3, -0.25) is 0 Å². The van der Waals surface area contributed by atoms with Crippen molar-refractivity contribution in [3.8, 4) is 23.1 Å². The minimum atomic E-state index is 0.482. The third kappa shape index (κ3) is 2.66. The van der Waals surface area contributed by atoms with Gasteiger partial charge in [0.25, 0.3) is 0 Å². The van der Waals surface area contributed by atoms with E-state index in [4.69, 9.17) is 14.2 Å². The standard InChI is InChI=1S/C13H12NO3/c1-15-10-6-7-11(16-2)12(9-10)17-13-5-3-4-8-14-13/h3,5-9H,1-2H3. The van der Waals surface area contributed by atoms with Gasteiger partial charge in [0.1, 0.15) is 5.75 Å². The first-order valence-corrected chi connectivity index (χ1v) is 5.05. The molecule has 1 aromatic heterocycles. The number of methoxy groups -OCH3 is 2. The van der Waals surface area contributed by atoms with Crippen LogP contribution in [0.2, 0.25) is 0 Å². The third-order valence-electron chi connectivity index (χ3n) is 2.17. The Morgan fingerprint density at radius 2 is 1.94 bits per heavy atom. The monoisotopic (exact) mass is 230 g/mol. The molecule has 0 aliphatic rings. The summed E-state index contributed by atoms with van der Waals surface area (Å²) in [6, 6.07) is 11.6. The molecule has 0 aliphatic carbocycles. The molecule has 87 valence electrons. The average Bonchev–Trinajstić information content (AvgIpc) is 2.40. The normalized spacial score (nSPS) is 9.76. The van der Waals surface area contributed by atoms with Gasteiger partial charge in [0, 0.05) is 24.4 Å². The van der Waals surface area contributed by atoms with Crippen molar-refractivity contribution in [1.82, 2.24) is 4.98 Å². The summed E-state index contributed by atoms with van der Waals surface area (Å²) in [5.74, 6) is 2.37. The highest BCUT2D eigenvalue weighted by Crippen LogP contribution is 2.33. The summed E-state index contributed by atoms with van der Waals surface area (Å²) in [4.78, 5) is 4.03. The number of pyridine rings is 1. The van der Waals surface area contributed by atoms with Gasteiger partial charge in [0.05, 0.1) is 14.2 Å². The molecule has 0 spiro atoms. The number of rotatable bonds is 4. The van der Waals surface area contributed by atoms with Crippen LogP contribution in [0.4, 0.5) is 0 Å². The molecule has 0 bridgehead atoms. The Kier molecular flexibility index (Phi) is 3.45. The van der Waals surface area contributed by atoms with Gasteiger partial charge in [0.2, 0.25) is 5.88 Å². The first-order valence-electron chi connectivity index (χ1n) is 5.05. The smallest absolute Gasteiger partial charge is 0.219 e. The first-order chi connectivity index (χ1) is 8.33. The summed E-state index contributed by atoms with van der Waals surface area (Å²) in [5, 5.41) is 0. The van der Waals surface area contributed by atoms with E-state index in [0.29, 0.717) is 23.1 Å². The van der Waals surface area contributed by atoms with Gasteiger partial charge in [-0.15, -0.1) is 0 Å². The quantitative estimate of drug-likeness (QED) is 0.809. The maximum absolute atomic E-state index is 5.61. The minimum Gasteiger partial charge on any atom is -0.497 e. The fraction of sp³-hybridized carbons (Fsp3) is 0.154. The van der Waals surface area contributed by atoms with Crippen molar-refractivity contribution < 1.29 is 14.2 Å². The zero-order valence-corrected chi connectivity index (χ0v) is 9.64. The topological polar surface area (TPSA) is 40.6 Å². The number of ether oxygens (including phenoxy) is 3. The van der Waals surface area contributed by atoms with E-state index < -0.39 is 0 Å². The lowest BCUT2D eigenvalue weighted by Crippen LogP contribution is -1.93. The lowest BCUT2D eigenvalue weighted by atomic mass is 10.3. The molecule has 2 aromatic rings. The van der Waals surface area contributed by atoms with E-state index in [1.807, 2.05) is 0 Å². The van der Waals surface area contributed by atoms with Crippen molar-refractivity contribution in [3.05, 3.63) is 42.6 Å². The molecular formula is C13H12NO3. The molecule has 0 atom stereocenters. The molecule has 0 amide bonds.